The van der Waals surface area contributed by atoms with Gasteiger partial charge in [-0.25, -0.2) is 0 Å². The SMILES string of the molecule is O[C@@H](c1ccccc1)[C@H]1O[C@@H]1CCOCc1ccccc1. The summed E-state index contributed by atoms with van der Waals surface area (Å²) < 4.78 is 11.2. The van der Waals surface area contributed by atoms with Gasteiger partial charge in [0, 0.05) is 6.61 Å². The Hall–Kier alpha value is -1.68. The second-order valence-corrected chi connectivity index (χ2v) is 5.32. The Morgan fingerprint density at radius 3 is 2.38 bits per heavy atom. The van der Waals surface area contributed by atoms with Crippen molar-refractivity contribution in [3.63, 3.8) is 0 Å². The van der Waals surface area contributed by atoms with Crippen LogP contribution in [0.15, 0.2) is 60.7 Å². The van der Waals surface area contributed by atoms with Gasteiger partial charge < -0.3 is 14.6 Å². The largest absolute Gasteiger partial charge is 0.386 e. The van der Waals surface area contributed by atoms with Crippen molar-refractivity contribution in [2.75, 3.05) is 6.61 Å². The third-order valence-corrected chi connectivity index (χ3v) is 3.73. The third-order valence-electron chi connectivity index (χ3n) is 3.73. The summed E-state index contributed by atoms with van der Waals surface area (Å²) in [6.07, 6.45) is 0.301. The summed E-state index contributed by atoms with van der Waals surface area (Å²) in [5, 5.41) is 10.2. The number of hydrogen-bond donors (Lipinski definition) is 1. The molecule has 110 valence electrons. The molecule has 0 bridgehead atoms. The van der Waals surface area contributed by atoms with Crippen LogP contribution in [0.2, 0.25) is 0 Å². The van der Waals surface area contributed by atoms with Crippen molar-refractivity contribution in [3.05, 3.63) is 71.8 Å². The molecule has 1 aliphatic heterocycles. The van der Waals surface area contributed by atoms with Gasteiger partial charge in [-0.05, 0) is 17.5 Å². The van der Waals surface area contributed by atoms with Crippen LogP contribution in [0.25, 0.3) is 0 Å². The number of aliphatic hydroxyl groups excluding tert-OH is 1. The quantitative estimate of drug-likeness (QED) is 0.627. The summed E-state index contributed by atoms with van der Waals surface area (Å²) in [7, 11) is 0. The van der Waals surface area contributed by atoms with Crippen LogP contribution in [0.3, 0.4) is 0 Å². The van der Waals surface area contributed by atoms with Crippen molar-refractivity contribution in [1.29, 1.82) is 0 Å². The molecule has 21 heavy (non-hydrogen) atoms. The predicted molar refractivity (Wildman–Crippen MR) is 80.8 cm³/mol. The van der Waals surface area contributed by atoms with E-state index in [9.17, 15) is 5.11 Å². The van der Waals surface area contributed by atoms with Crippen molar-refractivity contribution in [3.8, 4) is 0 Å². The summed E-state index contributed by atoms with van der Waals surface area (Å²) in [6.45, 7) is 1.27. The zero-order chi connectivity index (χ0) is 14.5. The van der Waals surface area contributed by atoms with Gasteiger partial charge in [-0.3, -0.25) is 0 Å². The molecule has 0 aromatic heterocycles. The number of aliphatic hydroxyl groups is 1. The monoisotopic (exact) mass is 284 g/mol. The first-order valence-corrected chi connectivity index (χ1v) is 7.35. The zero-order valence-electron chi connectivity index (χ0n) is 11.9. The standard InChI is InChI=1S/C18H20O3/c19-17(15-9-5-2-6-10-15)18-16(21-18)11-12-20-13-14-7-3-1-4-8-14/h1-10,16-19H,11-13H2/t16-,17+,18+/m1/s1. The first-order chi connectivity index (χ1) is 10.3. The fourth-order valence-electron chi connectivity index (χ4n) is 2.47. The minimum absolute atomic E-state index is 0.0901. The molecule has 2 aromatic rings. The lowest BCUT2D eigenvalue weighted by atomic mass is 10.0. The topological polar surface area (TPSA) is 42.0 Å². The highest BCUT2D eigenvalue weighted by Crippen LogP contribution is 2.36. The maximum absolute atomic E-state index is 10.2. The fourth-order valence-corrected chi connectivity index (χ4v) is 2.47. The van der Waals surface area contributed by atoms with E-state index in [4.69, 9.17) is 9.47 Å². The lowest BCUT2D eigenvalue weighted by molar-refractivity contribution is 0.113. The fraction of sp³-hybridized carbons (Fsp3) is 0.333. The van der Waals surface area contributed by atoms with Crippen LogP contribution < -0.4 is 0 Å². The molecule has 0 spiro atoms. The minimum Gasteiger partial charge on any atom is -0.386 e. The molecule has 1 fully saturated rings. The van der Waals surface area contributed by atoms with Crippen LogP contribution >= 0.6 is 0 Å². The van der Waals surface area contributed by atoms with E-state index in [0.717, 1.165) is 12.0 Å². The molecule has 3 rings (SSSR count). The van der Waals surface area contributed by atoms with Crippen molar-refractivity contribution in [2.24, 2.45) is 0 Å². The van der Waals surface area contributed by atoms with Gasteiger partial charge in [0.05, 0.1) is 12.7 Å². The maximum atomic E-state index is 10.2. The van der Waals surface area contributed by atoms with Crippen molar-refractivity contribution in [2.45, 2.75) is 31.3 Å². The van der Waals surface area contributed by atoms with Crippen molar-refractivity contribution >= 4 is 0 Å². The highest BCUT2D eigenvalue weighted by Gasteiger charge is 2.44. The molecule has 1 N–H and O–H groups in total. The van der Waals surface area contributed by atoms with Gasteiger partial charge in [-0.1, -0.05) is 60.7 Å². The molecule has 2 aromatic carbocycles. The Bertz CT molecular complexity index is 541. The number of hydrogen-bond acceptors (Lipinski definition) is 3. The minimum atomic E-state index is -0.537. The van der Waals surface area contributed by atoms with E-state index < -0.39 is 6.10 Å². The number of ether oxygens (including phenoxy) is 2. The summed E-state index contributed by atoms with van der Waals surface area (Å²) in [5.41, 5.74) is 2.09. The second-order valence-electron chi connectivity index (χ2n) is 5.32. The van der Waals surface area contributed by atoms with E-state index in [1.807, 2.05) is 48.5 Å². The Balaban J connectivity index is 1.37. The van der Waals surface area contributed by atoms with E-state index in [1.54, 1.807) is 0 Å². The highest BCUT2D eigenvalue weighted by molar-refractivity contribution is 5.20. The number of rotatable bonds is 7. The predicted octanol–water partition coefficient (Wildman–Crippen LogP) is 3.09. The van der Waals surface area contributed by atoms with Crippen LogP contribution in [-0.2, 0) is 16.1 Å². The van der Waals surface area contributed by atoms with E-state index in [-0.39, 0.29) is 12.2 Å². The molecule has 0 unspecified atom stereocenters. The molecular formula is C18H20O3. The van der Waals surface area contributed by atoms with Gasteiger partial charge in [0.15, 0.2) is 0 Å². The molecule has 1 aliphatic rings. The summed E-state index contributed by atoms with van der Waals surface area (Å²) >= 11 is 0. The van der Waals surface area contributed by atoms with Crippen LogP contribution in [-0.4, -0.2) is 23.9 Å². The third kappa shape index (κ3) is 3.91. The van der Waals surface area contributed by atoms with E-state index in [0.29, 0.717) is 13.2 Å². The van der Waals surface area contributed by atoms with Crippen LogP contribution in [0.4, 0.5) is 0 Å². The Kier molecular flexibility index (Phi) is 4.65. The van der Waals surface area contributed by atoms with Crippen LogP contribution in [0, 0.1) is 0 Å². The maximum Gasteiger partial charge on any atom is 0.114 e. The van der Waals surface area contributed by atoms with E-state index >= 15 is 0 Å². The van der Waals surface area contributed by atoms with Gasteiger partial charge in [0.1, 0.15) is 12.2 Å². The first-order valence-electron chi connectivity index (χ1n) is 7.35. The highest BCUT2D eigenvalue weighted by atomic mass is 16.6. The Morgan fingerprint density at radius 2 is 1.67 bits per heavy atom. The van der Waals surface area contributed by atoms with E-state index in [2.05, 4.69) is 12.1 Å². The van der Waals surface area contributed by atoms with Crippen LogP contribution in [0.1, 0.15) is 23.7 Å². The van der Waals surface area contributed by atoms with Gasteiger partial charge in [-0.15, -0.1) is 0 Å². The molecule has 0 saturated carbocycles. The van der Waals surface area contributed by atoms with Gasteiger partial charge >= 0.3 is 0 Å². The molecule has 0 aliphatic carbocycles. The molecular weight excluding hydrogens is 264 g/mol. The van der Waals surface area contributed by atoms with Crippen LogP contribution in [0.5, 0.6) is 0 Å². The Morgan fingerprint density at radius 1 is 1.00 bits per heavy atom. The normalized spacial score (nSPS) is 22.0. The van der Waals surface area contributed by atoms with Gasteiger partial charge in [0.25, 0.3) is 0 Å². The number of epoxide rings is 1. The lowest BCUT2D eigenvalue weighted by Gasteiger charge is -2.07. The molecule has 3 nitrogen and oxygen atoms in total. The van der Waals surface area contributed by atoms with Crippen molar-refractivity contribution < 1.29 is 14.6 Å². The zero-order valence-corrected chi connectivity index (χ0v) is 11.9. The van der Waals surface area contributed by atoms with Gasteiger partial charge in [0.2, 0.25) is 0 Å². The second kappa shape index (κ2) is 6.85. The number of benzene rings is 2. The lowest BCUT2D eigenvalue weighted by Crippen LogP contribution is -2.09. The Labute approximate surface area is 125 Å². The summed E-state index contributed by atoms with van der Waals surface area (Å²) in [4.78, 5) is 0. The molecule has 3 atom stereocenters. The molecule has 1 heterocycles. The van der Waals surface area contributed by atoms with Crippen molar-refractivity contribution in [1.82, 2.24) is 0 Å². The molecule has 0 amide bonds. The van der Waals surface area contributed by atoms with E-state index in [1.165, 1.54) is 5.56 Å². The summed E-state index contributed by atoms with van der Waals surface area (Å²) in [6, 6.07) is 19.8. The molecule has 1 saturated heterocycles. The summed E-state index contributed by atoms with van der Waals surface area (Å²) in [5.74, 6) is 0. The molecule has 3 heteroatoms. The first kappa shape index (κ1) is 14.3. The van der Waals surface area contributed by atoms with Gasteiger partial charge in [-0.2, -0.15) is 0 Å². The smallest absolute Gasteiger partial charge is 0.114 e. The average molecular weight is 284 g/mol. The average Bonchev–Trinajstić information content (AvgIpc) is 3.32. The molecule has 0 radical (unpaired) electrons.